The number of ether oxygens (including phenoxy) is 2. The highest BCUT2D eigenvalue weighted by Crippen LogP contribution is 2.37. The molecule has 9 nitrogen and oxygen atoms in total. The highest BCUT2D eigenvalue weighted by Gasteiger charge is 2.26. The van der Waals surface area contributed by atoms with Crippen molar-refractivity contribution in [2.45, 2.75) is 11.4 Å². The van der Waals surface area contributed by atoms with Gasteiger partial charge in [-0.1, -0.05) is 42.5 Å². The van der Waals surface area contributed by atoms with Crippen molar-refractivity contribution >= 4 is 26.7 Å². The first-order chi connectivity index (χ1) is 22.0. The zero-order valence-corrected chi connectivity index (χ0v) is 25.6. The maximum Gasteiger partial charge on any atom is 0.269 e. The number of benzene rings is 3. The Kier molecular flexibility index (Phi) is 8.08. The number of fused-ring (bicyclic) bond motifs is 1. The number of pyridine rings is 1. The van der Waals surface area contributed by atoms with Crippen LogP contribution in [0.3, 0.4) is 0 Å². The van der Waals surface area contributed by atoms with E-state index in [1.165, 1.54) is 3.97 Å². The van der Waals surface area contributed by atoms with Gasteiger partial charge < -0.3 is 14.4 Å². The van der Waals surface area contributed by atoms with Gasteiger partial charge in [-0.2, -0.15) is 5.26 Å². The summed E-state index contributed by atoms with van der Waals surface area (Å²) < 4.78 is 40.8. The highest BCUT2D eigenvalue weighted by atomic mass is 32.2. The summed E-state index contributed by atoms with van der Waals surface area (Å²) in [7, 11) is -4.01. The van der Waals surface area contributed by atoms with E-state index in [4.69, 9.17) is 9.47 Å². The van der Waals surface area contributed by atoms with Gasteiger partial charge in [-0.15, -0.1) is 0 Å². The Morgan fingerprint density at radius 3 is 2.20 bits per heavy atom. The Bertz CT molecular complexity index is 1970. The van der Waals surface area contributed by atoms with Gasteiger partial charge in [-0.3, -0.25) is 4.90 Å². The lowest BCUT2D eigenvalue weighted by atomic mass is 9.98. The molecule has 0 atom stereocenters. The third kappa shape index (κ3) is 5.72. The molecule has 0 unspecified atom stereocenters. The zero-order valence-electron chi connectivity index (χ0n) is 24.8. The fourth-order valence-electron chi connectivity index (χ4n) is 6.12. The van der Waals surface area contributed by atoms with Gasteiger partial charge in [-0.05, 0) is 64.7 Å². The first kappa shape index (κ1) is 29.2. The molecule has 4 heterocycles. The minimum atomic E-state index is -4.01. The lowest BCUT2D eigenvalue weighted by Crippen LogP contribution is -2.36. The summed E-state index contributed by atoms with van der Waals surface area (Å²) in [5.74, 6) is 0. The van der Waals surface area contributed by atoms with Crippen LogP contribution in [0.25, 0.3) is 33.4 Å². The second-order valence-corrected chi connectivity index (χ2v) is 13.0. The maximum atomic E-state index is 14.2. The lowest BCUT2D eigenvalue weighted by Gasteiger charge is -2.28. The van der Waals surface area contributed by atoms with E-state index in [-0.39, 0.29) is 4.90 Å². The molecule has 228 valence electrons. The molecule has 0 radical (unpaired) electrons. The van der Waals surface area contributed by atoms with E-state index in [2.05, 4.69) is 20.9 Å². The second-order valence-electron chi connectivity index (χ2n) is 11.2. The molecule has 0 aliphatic carbocycles. The molecule has 0 saturated carbocycles. The number of aromatic nitrogens is 2. The Morgan fingerprint density at radius 2 is 1.49 bits per heavy atom. The SMILES string of the molecule is N#Cc1cc(-c2ccnc3c2cc(-c2ccc(N4CCOCC4)cc2)n3S(=O)(=O)c2ccccc2)ccc1CN1CCOCC1. The number of rotatable bonds is 7. The van der Waals surface area contributed by atoms with E-state index in [9.17, 15) is 13.7 Å². The van der Waals surface area contributed by atoms with Gasteiger partial charge in [0.15, 0.2) is 5.65 Å². The number of anilines is 1. The molecule has 0 spiro atoms. The van der Waals surface area contributed by atoms with Gasteiger partial charge >= 0.3 is 0 Å². The first-order valence-electron chi connectivity index (χ1n) is 15.1. The molecular weight excluding hydrogens is 586 g/mol. The summed E-state index contributed by atoms with van der Waals surface area (Å²) in [5, 5.41) is 10.8. The van der Waals surface area contributed by atoms with Crippen LogP contribution in [-0.2, 0) is 26.0 Å². The molecule has 5 aromatic rings. The molecule has 10 heteroatoms. The summed E-state index contributed by atoms with van der Waals surface area (Å²) in [6.45, 7) is 6.70. The van der Waals surface area contributed by atoms with Crippen molar-refractivity contribution in [1.82, 2.24) is 13.9 Å². The summed E-state index contributed by atoms with van der Waals surface area (Å²) in [6, 6.07) is 28.5. The van der Waals surface area contributed by atoms with Gasteiger partial charge in [0.1, 0.15) is 0 Å². The van der Waals surface area contributed by atoms with E-state index >= 15 is 0 Å². The number of nitrogens with zero attached hydrogens (tertiary/aromatic N) is 5. The van der Waals surface area contributed by atoms with Crippen LogP contribution in [0, 0.1) is 11.3 Å². The largest absolute Gasteiger partial charge is 0.379 e. The van der Waals surface area contributed by atoms with E-state index in [0.29, 0.717) is 55.3 Å². The fraction of sp³-hybridized carbons (Fsp3) is 0.257. The Morgan fingerprint density at radius 1 is 0.800 bits per heavy atom. The van der Waals surface area contributed by atoms with E-state index in [1.54, 1.807) is 36.5 Å². The molecule has 0 N–H and O–H groups in total. The van der Waals surface area contributed by atoms with Crippen molar-refractivity contribution in [1.29, 1.82) is 5.26 Å². The highest BCUT2D eigenvalue weighted by molar-refractivity contribution is 7.90. The zero-order chi connectivity index (χ0) is 30.8. The summed E-state index contributed by atoms with van der Waals surface area (Å²) in [5.41, 5.74) is 5.87. The molecule has 2 saturated heterocycles. The van der Waals surface area contributed by atoms with Crippen molar-refractivity contribution in [2.75, 3.05) is 57.5 Å². The van der Waals surface area contributed by atoms with E-state index in [0.717, 1.165) is 54.1 Å². The monoisotopic (exact) mass is 619 g/mol. The van der Waals surface area contributed by atoms with Crippen LogP contribution in [0.4, 0.5) is 5.69 Å². The molecule has 45 heavy (non-hydrogen) atoms. The molecule has 3 aromatic carbocycles. The topological polar surface area (TPSA) is 101 Å². The third-order valence-corrected chi connectivity index (χ3v) is 10.2. The number of hydrogen-bond donors (Lipinski definition) is 0. The second kappa shape index (κ2) is 12.5. The summed E-state index contributed by atoms with van der Waals surface area (Å²) in [6.07, 6.45) is 1.63. The van der Waals surface area contributed by atoms with Crippen LogP contribution in [0.2, 0.25) is 0 Å². The summed E-state index contributed by atoms with van der Waals surface area (Å²) in [4.78, 5) is 9.34. The van der Waals surface area contributed by atoms with E-state index < -0.39 is 10.0 Å². The minimum absolute atomic E-state index is 0.181. The fourth-order valence-corrected chi connectivity index (χ4v) is 7.62. The molecule has 0 amide bonds. The van der Waals surface area contributed by atoms with Gasteiger partial charge in [0, 0.05) is 50.0 Å². The Balaban J connectivity index is 1.35. The van der Waals surface area contributed by atoms with Crippen molar-refractivity contribution in [3.63, 3.8) is 0 Å². The van der Waals surface area contributed by atoms with E-state index in [1.807, 2.05) is 54.6 Å². The van der Waals surface area contributed by atoms with Crippen LogP contribution in [0.5, 0.6) is 0 Å². The average Bonchev–Trinajstić information content (AvgIpc) is 3.51. The van der Waals surface area contributed by atoms with Gasteiger partial charge in [0.2, 0.25) is 0 Å². The molecular formula is C35H33N5O4S. The summed E-state index contributed by atoms with van der Waals surface area (Å²) >= 11 is 0. The van der Waals surface area contributed by atoms with Crippen LogP contribution in [0.15, 0.2) is 96.0 Å². The normalized spacial score (nSPS) is 16.1. The maximum absolute atomic E-state index is 14.2. The van der Waals surface area contributed by atoms with Gasteiger partial charge in [0.25, 0.3) is 10.0 Å². The van der Waals surface area contributed by atoms with Crippen LogP contribution in [-0.4, -0.2) is 74.9 Å². The third-order valence-electron chi connectivity index (χ3n) is 8.52. The molecule has 0 bridgehead atoms. The predicted molar refractivity (Wildman–Crippen MR) is 173 cm³/mol. The van der Waals surface area contributed by atoms with Crippen LogP contribution < -0.4 is 4.90 Å². The van der Waals surface area contributed by atoms with Gasteiger partial charge in [-0.25, -0.2) is 17.4 Å². The standard InChI is InChI=1S/C35H33N5O4S/c36-24-29-22-27(6-7-28(29)25-38-14-18-43-19-15-38)32-12-13-37-35-33(32)23-34(40(35)45(41,42)31-4-2-1-3-5-31)26-8-10-30(11-9-26)39-16-20-44-21-17-39/h1-13,22-23H,14-21,25H2. The van der Waals surface area contributed by atoms with Crippen molar-refractivity contribution in [3.8, 4) is 28.5 Å². The Hall–Kier alpha value is -4.53. The number of morpholine rings is 2. The molecule has 2 fully saturated rings. The average molecular weight is 620 g/mol. The van der Waals surface area contributed by atoms with Crippen LogP contribution in [0.1, 0.15) is 11.1 Å². The minimum Gasteiger partial charge on any atom is -0.379 e. The molecule has 7 rings (SSSR count). The Labute approximate surface area is 262 Å². The van der Waals surface area contributed by atoms with Crippen molar-refractivity contribution in [2.24, 2.45) is 0 Å². The van der Waals surface area contributed by atoms with Crippen LogP contribution >= 0.6 is 0 Å². The quantitative estimate of drug-likeness (QED) is 0.247. The molecule has 2 aliphatic rings. The molecule has 2 aliphatic heterocycles. The van der Waals surface area contributed by atoms with Gasteiger partial charge in [0.05, 0.1) is 48.6 Å². The first-order valence-corrected chi connectivity index (χ1v) is 16.5. The van der Waals surface area contributed by atoms with Crippen molar-refractivity contribution < 1.29 is 17.9 Å². The number of hydrogen-bond acceptors (Lipinski definition) is 8. The number of nitriles is 1. The van der Waals surface area contributed by atoms with Crippen molar-refractivity contribution in [3.05, 3.63) is 102 Å². The molecule has 2 aromatic heterocycles. The lowest BCUT2D eigenvalue weighted by molar-refractivity contribution is 0.0341. The smallest absolute Gasteiger partial charge is 0.269 e. The predicted octanol–water partition coefficient (Wildman–Crippen LogP) is 5.15.